The van der Waals surface area contributed by atoms with Crippen LogP contribution in [0.2, 0.25) is 0 Å². The number of aryl methyl sites for hydroxylation is 1. The van der Waals surface area contributed by atoms with Crippen LogP contribution in [0, 0.1) is 19.8 Å². The van der Waals surface area contributed by atoms with Gasteiger partial charge in [0.15, 0.2) is 0 Å². The lowest BCUT2D eigenvalue weighted by molar-refractivity contribution is -0.121. The van der Waals surface area contributed by atoms with Gasteiger partial charge in [0.25, 0.3) is 5.91 Å². The van der Waals surface area contributed by atoms with E-state index in [2.05, 4.69) is 14.9 Å². The Morgan fingerprint density at radius 3 is 2.37 bits per heavy atom. The lowest BCUT2D eigenvalue weighted by Gasteiger charge is -2.31. The molecule has 1 aliphatic heterocycles. The molecule has 2 amide bonds. The largest absolute Gasteiger partial charge is 0.339 e. The molecule has 154 valence electrons. The van der Waals surface area contributed by atoms with Crippen LogP contribution in [-0.4, -0.2) is 39.4 Å². The van der Waals surface area contributed by atoms with Gasteiger partial charge in [0.05, 0.1) is 5.56 Å². The molecule has 2 aromatic heterocycles. The summed E-state index contributed by atoms with van der Waals surface area (Å²) >= 11 is 0. The molecule has 6 nitrogen and oxygen atoms in total. The lowest BCUT2D eigenvalue weighted by atomic mass is 9.95. The first-order valence-corrected chi connectivity index (χ1v) is 10.3. The molecule has 6 heteroatoms. The van der Waals surface area contributed by atoms with Crippen molar-refractivity contribution in [3.8, 4) is 5.69 Å². The van der Waals surface area contributed by atoms with Gasteiger partial charge < -0.3 is 14.8 Å². The van der Waals surface area contributed by atoms with Crippen molar-refractivity contribution in [2.75, 3.05) is 18.4 Å². The van der Waals surface area contributed by atoms with Gasteiger partial charge in [-0.1, -0.05) is 24.3 Å². The number of nitrogens with one attached hydrogen (secondary N) is 1. The highest BCUT2D eigenvalue weighted by Gasteiger charge is 2.29. The molecule has 4 rings (SSSR count). The molecule has 0 atom stereocenters. The van der Waals surface area contributed by atoms with Crippen LogP contribution >= 0.6 is 0 Å². The first-order valence-electron chi connectivity index (χ1n) is 10.3. The molecule has 0 saturated carbocycles. The molecule has 0 unspecified atom stereocenters. The van der Waals surface area contributed by atoms with Gasteiger partial charge in [0, 0.05) is 42.3 Å². The Labute approximate surface area is 176 Å². The maximum atomic E-state index is 13.2. The molecule has 1 aliphatic rings. The number of piperidine rings is 1. The van der Waals surface area contributed by atoms with E-state index >= 15 is 0 Å². The number of carbonyl (C=O) groups is 2. The number of hydrogen-bond donors (Lipinski definition) is 1. The van der Waals surface area contributed by atoms with Crippen molar-refractivity contribution >= 4 is 17.6 Å². The number of likely N-dealkylation sites (tertiary alicyclic amines) is 1. The number of anilines is 1. The van der Waals surface area contributed by atoms with Crippen LogP contribution in [0.4, 0.5) is 5.82 Å². The van der Waals surface area contributed by atoms with E-state index in [1.165, 1.54) is 0 Å². The third-order valence-electron chi connectivity index (χ3n) is 5.75. The number of benzene rings is 1. The van der Waals surface area contributed by atoms with Crippen LogP contribution in [0.25, 0.3) is 5.69 Å². The number of rotatable bonds is 4. The quantitative estimate of drug-likeness (QED) is 0.718. The first kappa shape index (κ1) is 19.9. The Hall–Kier alpha value is -3.41. The number of nitrogens with zero attached hydrogens (tertiary/aromatic N) is 3. The van der Waals surface area contributed by atoms with E-state index in [1.807, 2.05) is 67.3 Å². The SMILES string of the molecule is Cc1cc(C(=O)N2CCC(C(=O)Nc3ccccn3)CC2)c(C)n1-c1ccccc1. The number of amides is 2. The molecule has 1 saturated heterocycles. The number of pyridine rings is 1. The van der Waals surface area contributed by atoms with E-state index in [1.54, 1.807) is 12.3 Å². The van der Waals surface area contributed by atoms with Crippen molar-refractivity contribution in [3.05, 3.63) is 77.7 Å². The minimum Gasteiger partial charge on any atom is -0.339 e. The van der Waals surface area contributed by atoms with Gasteiger partial charge >= 0.3 is 0 Å². The van der Waals surface area contributed by atoms with Crippen molar-refractivity contribution in [2.45, 2.75) is 26.7 Å². The minimum absolute atomic E-state index is 0.0249. The second-order valence-electron chi connectivity index (χ2n) is 7.73. The van der Waals surface area contributed by atoms with Crippen LogP contribution in [0.3, 0.4) is 0 Å². The van der Waals surface area contributed by atoms with Gasteiger partial charge in [-0.2, -0.15) is 0 Å². The van der Waals surface area contributed by atoms with Crippen LogP contribution in [0.15, 0.2) is 60.8 Å². The second kappa shape index (κ2) is 8.53. The Balaban J connectivity index is 1.42. The second-order valence-corrected chi connectivity index (χ2v) is 7.73. The molecule has 0 bridgehead atoms. The number of para-hydroxylation sites is 1. The lowest BCUT2D eigenvalue weighted by Crippen LogP contribution is -2.41. The zero-order valence-electron chi connectivity index (χ0n) is 17.3. The summed E-state index contributed by atoms with van der Waals surface area (Å²) in [6.45, 7) is 5.16. The molecule has 3 aromatic rings. The fourth-order valence-corrected chi connectivity index (χ4v) is 4.13. The Morgan fingerprint density at radius 1 is 1.00 bits per heavy atom. The van der Waals surface area contributed by atoms with Crippen molar-refractivity contribution in [2.24, 2.45) is 5.92 Å². The number of aromatic nitrogens is 2. The van der Waals surface area contributed by atoms with E-state index in [0.717, 1.165) is 22.6 Å². The van der Waals surface area contributed by atoms with Crippen LogP contribution < -0.4 is 5.32 Å². The van der Waals surface area contributed by atoms with E-state index in [4.69, 9.17) is 0 Å². The van der Waals surface area contributed by atoms with Gasteiger partial charge in [-0.15, -0.1) is 0 Å². The average molecular weight is 402 g/mol. The maximum absolute atomic E-state index is 13.2. The third-order valence-corrected chi connectivity index (χ3v) is 5.75. The summed E-state index contributed by atoms with van der Waals surface area (Å²) in [5, 5.41) is 2.87. The third kappa shape index (κ3) is 3.99. The van der Waals surface area contributed by atoms with Crippen LogP contribution in [-0.2, 0) is 4.79 Å². The molecule has 1 N–H and O–H groups in total. The van der Waals surface area contributed by atoms with E-state index < -0.39 is 0 Å². The van der Waals surface area contributed by atoms with Gasteiger partial charge in [-0.05, 0) is 57.0 Å². The molecular formula is C24H26N4O2. The fourth-order valence-electron chi connectivity index (χ4n) is 4.13. The van der Waals surface area contributed by atoms with Crippen LogP contribution in [0.1, 0.15) is 34.6 Å². The average Bonchev–Trinajstić information content (AvgIpc) is 3.08. The Kier molecular flexibility index (Phi) is 5.65. The summed E-state index contributed by atoms with van der Waals surface area (Å²) in [5.41, 5.74) is 3.76. The Bertz CT molecular complexity index is 1040. The molecule has 0 spiro atoms. The molecule has 30 heavy (non-hydrogen) atoms. The summed E-state index contributed by atoms with van der Waals surface area (Å²) in [4.78, 5) is 31.7. The summed E-state index contributed by atoms with van der Waals surface area (Å²) in [5.74, 6) is 0.471. The highest BCUT2D eigenvalue weighted by atomic mass is 16.2. The molecule has 0 radical (unpaired) electrons. The van der Waals surface area contributed by atoms with E-state index in [0.29, 0.717) is 31.7 Å². The minimum atomic E-state index is -0.104. The van der Waals surface area contributed by atoms with Crippen molar-refractivity contribution in [1.29, 1.82) is 0 Å². The maximum Gasteiger partial charge on any atom is 0.255 e. The van der Waals surface area contributed by atoms with Gasteiger partial charge in [-0.3, -0.25) is 9.59 Å². The predicted molar refractivity (Wildman–Crippen MR) is 117 cm³/mol. The summed E-state index contributed by atoms with van der Waals surface area (Å²) in [6.07, 6.45) is 2.96. The standard InChI is InChI=1S/C24H26N4O2/c1-17-16-21(18(2)28(17)20-8-4-3-5-9-20)24(30)27-14-11-19(12-15-27)23(29)26-22-10-6-7-13-25-22/h3-10,13,16,19H,11-12,14-15H2,1-2H3,(H,25,26,29). The molecule has 1 fully saturated rings. The molecule has 1 aromatic carbocycles. The van der Waals surface area contributed by atoms with Gasteiger partial charge in [-0.25, -0.2) is 4.98 Å². The van der Waals surface area contributed by atoms with E-state index in [-0.39, 0.29) is 17.7 Å². The van der Waals surface area contributed by atoms with Gasteiger partial charge in [0.1, 0.15) is 5.82 Å². The number of hydrogen-bond acceptors (Lipinski definition) is 3. The zero-order chi connectivity index (χ0) is 21.1. The summed E-state index contributed by atoms with van der Waals surface area (Å²) < 4.78 is 2.11. The predicted octanol–water partition coefficient (Wildman–Crippen LogP) is 3.98. The van der Waals surface area contributed by atoms with Crippen molar-refractivity contribution in [3.63, 3.8) is 0 Å². The topological polar surface area (TPSA) is 67.2 Å². The summed E-state index contributed by atoms with van der Waals surface area (Å²) in [7, 11) is 0. The van der Waals surface area contributed by atoms with Crippen molar-refractivity contribution < 1.29 is 9.59 Å². The Morgan fingerprint density at radius 2 is 1.70 bits per heavy atom. The zero-order valence-corrected chi connectivity index (χ0v) is 17.3. The fraction of sp³-hybridized carbons (Fsp3) is 0.292. The van der Waals surface area contributed by atoms with Gasteiger partial charge in [0.2, 0.25) is 5.91 Å². The van der Waals surface area contributed by atoms with Crippen molar-refractivity contribution in [1.82, 2.24) is 14.5 Å². The smallest absolute Gasteiger partial charge is 0.255 e. The van der Waals surface area contributed by atoms with E-state index in [9.17, 15) is 9.59 Å². The molecule has 0 aliphatic carbocycles. The number of carbonyl (C=O) groups excluding carboxylic acids is 2. The van der Waals surface area contributed by atoms with Crippen LogP contribution in [0.5, 0.6) is 0 Å². The molecule has 3 heterocycles. The first-order chi connectivity index (χ1) is 14.5. The summed E-state index contributed by atoms with van der Waals surface area (Å²) in [6, 6.07) is 17.5. The molecular weight excluding hydrogens is 376 g/mol. The normalized spacial score (nSPS) is 14.5. The highest BCUT2D eigenvalue weighted by molar-refractivity contribution is 5.96. The monoisotopic (exact) mass is 402 g/mol. The highest BCUT2D eigenvalue weighted by Crippen LogP contribution is 2.25.